The molecule has 0 saturated carbocycles. The molecule has 0 aromatic carbocycles. The number of likely N-dealkylation sites (N-methyl/N-ethyl adjacent to an activating group) is 1. The minimum absolute atomic E-state index is 0.209. The van der Waals surface area contributed by atoms with Gasteiger partial charge in [-0.25, -0.2) is 0 Å². The van der Waals surface area contributed by atoms with Gasteiger partial charge >= 0.3 is 11.9 Å². The SMILES string of the molecule is CC(C)C(=O)C(C(=O)O)C(C[N+](C)(C)C)OC(=O)CN. The number of carboxylic acid groups (broad SMARTS) is 1. The first-order chi connectivity index (χ1) is 8.99. The van der Waals surface area contributed by atoms with Crippen LogP contribution in [0.15, 0.2) is 0 Å². The first kappa shape index (κ1) is 18.5. The molecule has 7 nitrogen and oxygen atoms in total. The van der Waals surface area contributed by atoms with Crippen molar-refractivity contribution < 1.29 is 28.7 Å². The lowest BCUT2D eigenvalue weighted by Gasteiger charge is -2.31. The van der Waals surface area contributed by atoms with Crippen LogP contribution < -0.4 is 5.73 Å². The van der Waals surface area contributed by atoms with E-state index in [0.29, 0.717) is 4.48 Å². The van der Waals surface area contributed by atoms with Crippen molar-refractivity contribution in [1.29, 1.82) is 0 Å². The van der Waals surface area contributed by atoms with E-state index in [9.17, 15) is 19.5 Å². The van der Waals surface area contributed by atoms with Crippen molar-refractivity contribution in [2.45, 2.75) is 20.0 Å². The number of quaternary nitrogens is 1. The van der Waals surface area contributed by atoms with E-state index in [-0.39, 0.29) is 13.1 Å². The Morgan fingerprint density at radius 1 is 1.20 bits per heavy atom. The third kappa shape index (κ3) is 6.12. The highest BCUT2D eigenvalue weighted by Gasteiger charge is 2.41. The molecule has 0 rings (SSSR count). The molecule has 7 heteroatoms. The van der Waals surface area contributed by atoms with Gasteiger partial charge in [-0.15, -0.1) is 0 Å². The first-order valence-electron chi connectivity index (χ1n) is 6.46. The molecule has 2 unspecified atom stereocenters. The lowest BCUT2D eigenvalue weighted by molar-refractivity contribution is -0.873. The van der Waals surface area contributed by atoms with Crippen LogP contribution in [0.25, 0.3) is 0 Å². The topological polar surface area (TPSA) is 107 Å². The number of carboxylic acids is 1. The van der Waals surface area contributed by atoms with Crippen LogP contribution in [0.3, 0.4) is 0 Å². The molecular formula is C13H25N2O5+. The second kappa shape index (κ2) is 7.35. The van der Waals surface area contributed by atoms with Crippen molar-refractivity contribution in [1.82, 2.24) is 0 Å². The molecule has 20 heavy (non-hydrogen) atoms. The zero-order valence-corrected chi connectivity index (χ0v) is 12.8. The monoisotopic (exact) mass is 289 g/mol. The first-order valence-corrected chi connectivity index (χ1v) is 6.46. The van der Waals surface area contributed by atoms with Gasteiger partial charge in [0.25, 0.3) is 0 Å². The number of rotatable bonds is 8. The van der Waals surface area contributed by atoms with Gasteiger partial charge in [-0.2, -0.15) is 0 Å². The van der Waals surface area contributed by atoms with Crippen molar-refractivity contribution in [2.75, 3.05) is 34.2 Å². The maximum Gasteiger partial charge on any atom is 0.320 e. The number of hydrogen-bond donors (Lipinski definition) is 2. The zero-order valence-electron chi connectivity index (χ0n) is 12.8. The fourth-order valence-corrected chi connectivity index (χ4v) is 1.79. The molecule has 0 amide bonds. The van der Waals surface area contributed by atoms with E-state index < -0.39 is 35.7 Å². The van der Waals surface area contributed by atoms with Crippen LogP contribution in [0.5, 0.6) is 0 Å². The number of carbonyl (C=O) groups is 3. The van der Waals surface area contributed by atoms with E-state index >= 15 is 0 Å². The van der Waals surface area contributed by atoms with E-state index in [0.717, 1.165) is 0 Å². The number of carbonyl (C=O) groups excluding carboxylic acids is 2. The second-order valence-electron chi connectivity index (χ2n) is 6.08. The average Bonchev–Trinajstić information content (AvgIpc) is 2.25. The summed E-state index contributed by atoms with van der Waals surface area (Å²) >= 11 is 0. The van der Waals surface area contributed by atoms with Crippen LogP contribution in [-0.2, 0) is 19.1 Å². The van der Waals surface area contributed by atoms with Gasteiger partial charge in [0.2, 0.25) is 0 Å². The van der Waals surface area contributed by atoms with Gasteiger partial charge in [0.1, 0.15) is 6.54 Å². The highest BCUT2D eigenvalue weighted by Crippen LogP contribution is 2.18. The third-order valence-corrected chi connectivity index (χ3v) is 2.69. The van der Waals surface area contributed by atoms with Crippen molar-refractivity contribution in [3.63, 3.8) is 0 Å². The van der Waals surface area contributed by atoms with E-state index in [1.54, 1.807) is 13.8 Å². The lowest BCUT2D eigenvalue weighted by atomic mass is 9.90. The summed E-state index contributed by atoms with van der Waals surface area (Å²) in [6, 6.07) is 0. The molecule has 0 aliphatic carbocycles. The fraction of sp³-hybridized carbons (Fsp3) is 0.769. The zero-order chi connectivity index (χ0) is 16.1. The minimum Gasteiger partial charge on any atom is -0.481 e. The standard InChI is InChI=1S/C13H24N2O5/c1-8(2)12(17)11(13(18)19)9(7-15(3,4)5)20-10(16)6-14/h8-9,11H,6-7,14H2,1-5H3/p+1. The predicted octanol–water partition coefficient (Wildman–Crippen LogP) is -0.511. The number of aliphatic carboxylic acids is 1. The summed E-state index contributed by atoms with van der Waals surface area (Å²) in [5.74, 6) is -4.29. The quantitative estimate of drug-likeness (QED) is 0.354. The van der Waals surface area contributed by atoms with Crippen LogP contribution in [0, 0.1) is 11.8 Å². The molecule has 116 valence electrons. The number of Topliss-reactive ketones (excluding diaryl/α,β-unsaturated/α-hetero) is 1. The Kier molecular flexibility index (Phi) is 6.81. The second-order valence-corrected chi connectivity index (χ2v) is 6.08. The molecule has 0 aliphatic rings. The van der Waals surface area contributed by atoms with Gasteiger partial charge in [-0.1, -0.05) is 13.8 Å². The summed E-state index contributed by atoms with van der Waals surface area (Å²) in [6.07, 6.45) is -1.03. The molecule has 0 aliphatic heterocycles. The van der Waals surface area contributed by atoms with Gasteiger partial charge in [0.15, 0.2) is 17.8 Å². The van der Waals surface area contributed by atoms with Crippen LogP contribution in [0.4, 0.5) is 0 Å². The summed E-state index contributed by atoms with van der Waals surface area (Å²) in [6.45, 7) is 3.09. The summed E-state index contributed by atoms with van der Waals surface area (Å²) in [4.78, 5) is 34.8. The molecule has 0 radical (unpaired) electrons. The molecule has 0 aromatic rings. The van der Waals surface area contributed by atoms with Crippen molar-refractivity contribution in [3.8, 4) is 0 Å². The molecule has 0 spiro atoms. The Hall–Kier alpha value is -1.47. The highest BCUT2D eigenvalue weighted by atomic mass is 16.5. The number of hydrogen-bond acceptors (Lipinski definition) is 5. The largest absolute Gasteiger partial charge is 0.481 e. The Balaban J connectivity index is 5.35. The molecule has 2 atom stereocenters. The predicted molar refractivity (Wildman–Crippen MR) is 72.8 cm³/mol. The molecule has 0 saturated heterocycles. The lowest BCUT2D eigenvalue weighted by Crippen LogP contribution is -2.51. The minimum atomic E-state index is -1.37. The van der Waals surface area contributed by atoms with Gasteiger partial charge in [-0.3, -0.25) is 14.4 Å². The molecule has 0 aromatic heterocycles. The van der Waals surface area contributed by atoms with Gasteiger partial charge in [-0.05, 0) is 0 Å². The molecule has 0 bridgehead atoms. The molecule has 0 fully saturated rings. The van der Waals surface area contributed by atoms with Crippen molar-refractivity contribution in [3.05, 3.63) is 0 Å². The van der Waals surface area contributed by atoms with Crippen LogP contribution >= 0.6 is 0 Å². The fourth-order valence-electron chi connectivity index (χ4n) is 1.79. The van der Waals surface area contributed by atoms with Crippen molar-refractivity contribution >= 4 is 17.7 Å². The normalized spacial score (nSPS) is 14.8. The molecule has 3 N–H and O–H groups in total. The Bertz CT molecular complexity index is 373. The van der Waals surface area contributed by atoms with E-state index in [1.807, 2.05) is 21.1 Å². The summed E-state index contributed by atoms with van der Waals surface area (Å²) in [5, 5.41) is 9.30. The number of nitrogens with zero attached hydrogens (tertiary/aromatic N) is 1. The summed E-state index contributed by atoms with van der Waals surface area (Å²) in [7, 11) is 5.46. The van der Waals surface area contributed by atoms with Crippen LogP contribution in [0.2, 0.25) is 0 Å². The van der Waals surface area contributed by atoms with Crippen LogP contribution in [-0.4, -0.2) is 67.6 Å². The van der Waals surface area contributed by atoms with Gasteiger partial charge in [0, 0.05) is 5.92 Å². The number of ether oxygens (including phenoxy) is 1. The van der Waals surface area contributed by atoms with E-state index in [4.69, 9.17) is 10.5 Å². The Labute approximate surface area is 119 Å². The van der Waals surface area contributed by atoms with E-state index in [1.165, 1.54) is 0 Å². The maximum absolute atomic E-state index is 12.1. The maximum atomic E-state index is 12.1. The summed E-state index contributed by atoms with van der Waals surface area (Å²) in [5.41, 5.74) is 5.18. The molecule has 0 heterocycles. The third-order valence-electron chi connectivity index (χ3n) is 2.69. The Morgan fingerprint density at radius 2 is 1.70 bits per heavy atom. The van der Waals surface area contributed by atoms with Crippen molar-refractivity contribution in [2.24, 2.45) is 17.6 Å². The summed E-state index contributed by atoms with van der Waals surface area (Å²) < 4.78 is 5.45. The highest BCUT2D eigenvalue weighted by molar-refractivity contribution is 6.00. The number of nitrogens with two attached hydrogens (primary N) is 1. The number of esters is 1. The molecular weight excluding hydrogens is 264 g/mol. The van der Waals surface area contributed by atoms with Gasteiger partial charge in [0.05, 0.1) is 27.7 Å². The van der Waals surface area contributed by atoms with Crippen LogP contribution in [0.1, 0.15) is 13.8 Å². The van der Waals surface area contributed by atoms with Gasteiger partial charge < -0.3 is 20.1 Å². The number of ketones is 1. The Morgan fingerprint density at radius 3 is 2.00 bits per heavy atom. The average molecular weight is 289 g/mol. The van der Waals surface area contributed by atoms with E-state index in [2.05, 4.69) is 0 Å². The smallest absolute Gasteiger partial charge is 0.320 e.